The number of aromatic nitrogens is 3. The molecule has 0 aromatic carbocycles. The van der Waals surface area contributed by atoms with Crippen LogP contribution in [0.1, 0.15) is 25.7 Å². The Morgan fingerprint density at radius 1 is 1.30 bits per heavy atom. The molecule has 1 saturated carbocycles. The molecule has 0 spiro atoms. The van der Waals surface area contributed by atoms with Crippen molar-refractivity contribution in [2.75, 3.05) is 32.2 Å². The first-order chi connectivity index (χ1) is 16.2. The molecule has 9 heteroatoms. The molecule has 2 atom stereocenters. The molecule has 2 N–H and O–H groups in total. The number of nitrogens with zero attached hydrogens (tertiary/aromatic N) is 4. The zero-order chi connectivity index (χ0) is 22.6. The van der Waals surface area contributed by atoms with Crippen LogP contribution in [0.4, 0.5) is 5.69 Å². The van der Waals surface area contributed by atoms with Crippen LogP contribution in [0.15, 0.2) is 30.6 Å². The summed E-state index contributed by atoms with van der Waals surface area (Å²) in [5, 5.41) is 7.88. The van der Waals surface area contributed by atoms with Gasteiger partial charge in [0, 0.05) is 42.3 Å². The normalized spacial score (nSPS) is 20.0. The average molecular weight is 465 g/mol. The van der Waals surface area contributed by atoms with E-state index in [9.17, 15) is 4.79 Å². The molecule has 8 nitrogen and oxygen atoms in total. The SMILES string of the molecule is COc1ccc2nccc(NC(=O)C3CCCC(CNCN4C=c5cnsc5=CC4)C3)c2n1. The fraction of sp³-hybridized carbons (Fsp3) is 0.417. The second-order valence-electron chi connectivity index (χ2n) is 8.66. The maximum absolute atomic E-state index is 13.1. The van der Waals surface area contributed by atoms with Gasteiger partial charge in [0.1, 0.15) is 5.52 Å². The van der Waals surface area contributed by atoms with Crippen LogP contribution < -0.4 is 25.1 Å². The Labute approximate surface area is 196 Å². The molecule has 4 heterocycles. The Bertz CT molecular complexity index is 1260. The summed E-state index contributed by atoms with van der Waals surface area (Å²) < 4.78 is 10.7. The molecule has 3 aromatic heterocycles. The Morgan fingerprint density at radius 3 is 3.15 bits per heavy atom. The molecule has 33 heavy (non-hydrogen) atoms. The lowest BCUT2D eigenvalue weighted by atomic mass is 9.81. The number of amides is 1. The molecule has 1 aliphatic heterocycles. The van der Waals surface area contributed by atoms with Crippen molar-refractivity contribution in [3.63, 3.8) is 0 Å². The zero-order valence-corrected chi connectivity index (χ0v) is 19.5. The fourth-order valence-corrected chi connectivity index (χ4v) is 5.29. The quantitative estimate of drug-likeness (QED) is 0.552. The van der Waals surface area contributed by atoms with E-state index in [1.807, 2.05) is 12.3 Å². The number of anilines is 1. The van der Waals surface area contributed by atoms with Crippen LogP contribution in [0, 0.1) is 11.8 Å². The molecule has 1 fully saturated rings. The van der Waals surface area contributed by atoms with Gasteiger partial charge in [-0.15, -0.1) is 0 Å². The van der Waals surface area contributed by atoms with Crippen molar-refractivity contribution >= 4 is 46.4 Å². The summed E-state index contributed by atoms with van der Waals surface area (Å²) in [6.45, 7) is 2.62. The van der Waals surface area contributed by atoms with Crippen LogP contribution in [0.5, 0.6) is 5.88 Å². The Balaban J connectivity index is 1.16. The monoisotopic (exact) mass is 464 g/mol. The molecular formula is C24H28N6O2S. The van der Waals surface area contributed by atoms with Crippen molar-refractivity contribution in [1.29, 1.82) is 0 Å². The first-order valence-corrected chi connectivity index (χ1v) is 12.1. The predicted octanol–water partition coefficient (Wildman–Crippen LogP) is 1.92. The molecule has 0 bridgehead atoms. The summed E-state index contributed by atoms with van der Waals surface area (Å²) in [7, 11) is 1.58. The van der Waals surface area contributed by atoms with Gasteiger partial charge in [-0.05, 0) is 61.5 Å². The van der Waals surface area contributed by atoms with Gasteiger partial charge in [0.2, 0.25) is 11.8 Å². The van der Waals surface area contributed by atoms with E-state index in [2.05, 4.69) is 42.2 Å². The van der Waals surface area contributed by atoms with E-state index in [1.54, 1.807) is 37.0 Å². The predicted molar refractivity (Wildman–Crippen MR) is 130 cm³/mol. The van der Waals surface area contributed by atoms with Crippen molar-refractivity contribution in [3.8, 4) is 5.88 Å². The molecule has 1 amide bonds. The highest BCUT2D eigenvalue weighted by atomic mass is 32.1. The first-order valence-electron chi connectivity index (χ1n) is 11.4. The van der Waals surface area contributed by atoms with Crippen molar-refractivity contribution in [3.05, 3.63) is 40.3 Å². The molecule has 172 valence electrons. The summed E-state index contributed by atoms with van der Waals surface area (Å²) in [6.07, 6.45) is 12.1. The largest absolute Gasteiger partial charge is 0.481 e. The molecule has 1 aliphatic carbocycles. The van der Waals surface area contributed by atoms with Gasteiger partial charge in [-0.25, -0.2) is 4.98 Å². The Morgan fingerprint density at radius 2 is 2.24 bits per heavy atom. The van der Waals surface area contributed by atoms with Crippen LogP contribution in [-0.2, 0) is 4.79 Å². The highest BCUT2D eigenvalue weighted by Crippen LogP contribution is 2.30. The Kier molecular flexibility index (Phi) is 6.50. The lowest BCUT2D eigenvalue weighted by Gasteiger charge is -2.29. The van der Waals surface area contributed by atoms with Crippen molar-refractivity contribution in [2.45, 2.75) is 25.7 Å². The van der Waals surface area contributed by atoms with Gasteiger partial charge in [0.25, 0.3) is 0 Å². The summed E-state index contributed by atoms with van der Waals surface area (Å²) in [4.78, 5) is 24.2. The topological polar surface area (TPSA) is 92.3 Å². The van der Waals surface area contributed by atoms with E-state index < -0.39 is 0 Å². The van der Waals surface area contributed by atoms with Crippen LogP contribution in [0.3, 0.4) is 0 Å². The van der Waals surface area contributed by atoms with E-state index in [0.29, 0.717) is 23.0 Å². The van der Waals surface area contributed by atoms with E-state index in [4.69, 9.17) is 4.74 Å². The van der Waals surface area contributed by atoms with Gasteiger partial charge in [0.05, 0.1) is 29.5 Å². The minimum Gasteiger partial charge on any atom is -0.481 e. The standard InChI is InChI=1S/C24H28N6O2S/c1-32-22-6-5-19-23(29-22)20(7-9-26-19)28-24(31)17-4-2-3-16(11-17)12-25-15-30-10-8-21-18(14-30)13-27-33-21/h5-9,13-14,16-17,25H,2-4,10-12,15H2,1H3,(H,26,28,31). The number of nitrogens with one attached hydrogen (secondary N) is 2. The summed E-state index contributed by atoms with van der Waals surface area (Å²) >= 11 is 1.54. The molecule has 3 aromatic rings. The van der Waals surface area contributed by atoms with Gasteiger partial charge in [-0.1, -0.05) is 6.42 Å². The van der Waals surface area contributed by atoms with Crippen molar-refractivity contribution < 1.29 is 9.53 Å². The zero-order valence-electron chi connectivity index (χ0n) is 18.7. The number of rotatable bonds is 7. The average Bonchev–Trinajstić information content (AvgIpc) is 3.32. The second-order valence-corrected chi connectivity index (χ2v) is 9.49. The maximum atomic E-state index is 13.1. The molecule has 0 saturated heterocycles. The second kappa shape index (κ2) is 9.84. The van der Waals surface area contributed by atoms with E-state index in [-0.39, 0.29) is 11.8 Å². The van der Waals surface area contributed by atoms with E-state index in [1.165, 1.54) is 9.75 Å². The van der Waals surface area contributed by atoms with Crippen LogP contribution in [-0.4, -0.2) is 52.0 Å². The fourth-order valence-electron chi connectivity index (χ4n) is 4.65. The number of pyridine rings is 2. The molecule has 2 unspecified atom stereocenters. The van der Waals surface area contributed by atoms with Gasteiger partial charge >= 0.3 is 0 Å². The molecular weight excluding hydrogens is 436 g/mol. The van der Waals surface area contributed by atoms with Crippen molar-refractivity contribution in [1.82, 2.24) is 24.6 Å². The third-order valence-corrected chi connectivity index (χ3v) is 7.20. The highest BCUT2D eigenvalue weighted by Gasteiger charge is 2.27. The maximum Gasteiger partial charge on any atom is 0.227 e. The molecule has 2 aliphatic rings. The molecule has 0 radical (unpaired) electrons. The summed E-state index contributed by atoms with van der Waals surface area (Å²) in [6, 6.07) is 5.43. The van der Waals surface area contributed by atoms with Gasteiger partial charge in [-0.3, -0.25) is 15.1 Å². The van der Waals surface area contributed by atoms with E-state index >= 15 is 0 Å². The van der Waals surface area contributed by atoms with Gasteiger partial charge < -0.3 is 15.0 Å². The summed E-state index contributed by atoms with van der Waals surface area (Å²) in [5.74, 6) is 1.07. The lowest BCUT2D eigenvalue weighted by Crippen LogP contribution is -2.40. The number of ether oxygens (including phenoxy) is 1. The third-order valence-electron chi connectivity index (χ3n) is 6.39. The summed E-state index contributed by atoms with van der Waals surface area (Å²) in [5.41, 5.74) is 2.07. The smallest absolute Gasteiger partial charge is 0.227 e. The number of carbonyl (C=O) groups excluding carboxylic acids is 1. The number of hydrogen-bond donors (Lipinski definition) is 2. The minimum absolute atomic E-state index is 0.00805. The lowest BCUT2D eigenvalue weighted by molar-refractivity contribution is -0.121. The number of methoxy groups -OCH3 is 1. The van der Waals surface area contributed by atoms with Crippen molar-refractivity contribution in [2.24, 2.45) is 11.8 Å². The third kappa shape index (κ3) is 4.99. The van der Waals surface area contributed by atoms with E-state index in [0.717, 1.165) is 51.0 Å². The Hall–Kier alpha value is -3.04. The molecule has 5 rings (SSSR count). The number of fused-ring (bicyclic) bond motifs is 2. The van der Waals surface area contributed by atoms with Crippen LogP contribution in [0.25, 0.3) is 23.3 Å². The van der Waals surface area contributed by atoms with Gasteiger partial charge in [0.15, 0.2) is 0 Å². The van der Waals surface area contributed by atoms with Gasteiger partial charge in [-0.2, -0.15) is 4.37 Å². The number of carbonyl (C=O) groups is 1. The highest BCUT2D eigenvalue weighted by molar-refractivity contribution is 7.03. The minimum atomic E-state index is 0.00805. The first kappa shape index (κ1) is 21.8. The van der Waals surface area contributed by atoms with Crippen LogP contribution >= 0.6 is 11.5 Å². The van der Waals surface area contributed by atoms with Crippen LogP contribution in [0.2, 0.25) is 0 Å². The number of hydrogen-bond acceptors (Lipinski definition) is 8.